The second kappa shape index (κ2) is 10.7. The third kappa shape index (κ3) is 9.70. The van der Waals surface area contributed by atoms with Crippen LogP contribution >= 0.6 is 0 Å². The molecule has 0 aromatic rings. The van der Waals surface area contributed by atoms with E-state index in [4.69, 9.17) is 5.73 Å². The first-order valence-electron chi connectivity index (χ1n) is 5.23. The van der Waals surface area contributed by atoms with Gasteiger partial charge in [-0.15, -0.1) is 0 Å². The molecule has 0 bridgehead atoms. The number of hydrogen-bond acceptors (Lipinski definition) is 1. The lowest BCUT2D eigenvalue weighted by Crippen LogP contribution is -1.97. The summed E-state index contributed by atoms with van der Waals surface area (Å²) in [6.07, 6.45) is 13.7. The van der Waals surface area contributed by atoms with Gasteiger partial charge in [-0.3, -0.25) is 0 Å². The van der Waals surface area contributed by atoms with Gasteiger partial charge in [-0.25, -0.2) is 0 Å². The number of nitrogens with two attached hydrogens (primary N) is 1. The Kier molecular flexibility index (Phi) is 10.4. The molecule has 0 aliphatic rings. The molecule has 2 N–H and O–H groups in total. The zero-order valence-corrected chi connectivity index (χ0v) is 8.39. The first-order valence-corrected chi connectivity index (χ1v) is 5.23. The molecular formula is C11H23N. The summed E-state index contributed by atoms with van der Waals surface area (Å²) in [6.45, 7) is 2.94. The van der Waals surface area contributed by atoms with E-state index in [0.29, 0.717) is 0 Å². The molecule has 0 heterocycles. The van der Waals surface area contributed by atoms with Crippen molar-refractivity contribution in [3.63, 3.8) is 0 Å². The average Bonchev–Trinajstić information content (AvgIpc) is 2.10. The quantitative estimate of drug-likeness (QED) is 0.438. The summed E-state index contributed by atoms with van der Waals surface area (Å²) in [7, 11) is 0. The zero-order valence-electron chi connectivity index (χ0n) is 8.39. The van der Waals surface area contributed by atoms with Crippen LogP contribution in [0, 0.1) is 0 Å². The normalized spacial score (nSPS) is 11.2. The summed E-state index contributed by atoms with van der Waals surface area (Å²) >= 11 is 0. The van der Waals surface area contributed by atoms with Crippen LogP contribution in [-0.4, -0.2) is 6.54 Å². The lowest BCUT2D eigenvalue weighted by Gasteiger charge is -1.98. The third-order valence-corrected chi connectivity index (χ3v) is 2.06. The van der Waals surface area contributed by atoms with E-state index in [1.165, 1.54) is 44.9 Å². The van der Waals surface area contributed by atoms with Crippen molar-refractivity contribution in [2.24, 2.45) is 5.73 Å². The van der Waals surface area contributed by atoms with Crippen LogP contribution < -0.4 is 5.73 Å². The van der Waals surface area contributed by atoms with Gasteiger partial charge in [0.25, 0.3) is 0 Å². The molecule has 72 valence electrons. The fourth-order valence-corrected chi connectivity index (χ4v) is 1.28. The summed E-state index contributed by atoms with van der Waals surface area (Å²) in [5, 5.41) is 0. The highest BCUT2D eigenvalue weighted by Crippen LogP contribution is 2.06. The minimum atomic E-state index is 0.860. The van der Waals surface area contributed by atoms with Gasteiger partial charge in [0, 0.05) is 0 Å². The largest absolute Gasteiger partial charge is 0.330 e. The minimum Gasteiger partial charge on any atom is -0.330 e. The van der Waals surface area contributed by atoms with Gasteiger partial charge in [-0.1, -0.05) is 37.8 Å². The highest BCUT2D eigenvalue weighted by Gasteiger charge is 1.88. The zero-order chi connectivity index (χ0) is 9.07. The second-order valence-corrected chi connectivity index (χ2v) is 3.27. The molecule has 0 atom stereocenters. The van der Waals surface area contributed by atoms with Gasteiger partial charge in [0.2, 0.25) is 0 Å². The third-order valence-electron chi connectivity index (χ3n) is 2.06. The Balaban J connectivity index is 2.81. The molecule has 0 aliphatic heterocycles. The summed E-state index contributed by atoms with van der Waals surface area (Å²) in [5.41, 5.74) is 5.40. The van der Waals surface area contributed by atoms with Gasteiger partial charge >= 0.3 is 0 Å². The maximum absolute atomic E-state index is 5.40. The van der Waals surface area contributed by atoms with Crippen LogP contribution in [0.1, 0.15) is 51.9 Å². The van der Waals surface area contributed by atoms with Crippen molar-refractivity contribution in [1.82, 2.24) is 0 Å². The molecule has 0 aromatic heterocycles. The molecule has 0 aliphatic carbocycles. The Morgan fingerprint density at radius 1 is 0.917 bits per heavy atom. The fraction of sp³-hybridized carbons (Fsp3) is 0.818. The summed E-state index contributed by atoms with van der Waals surface area (Å²) in [4.78, 5) is 0. The van der Waals surface area contributed by atoms with E-state index in [-0.39, 0.29) is 0 Å². The van der Waals surface area contributed by atoms with Crippen LogP contribution in [0.3, 0.4) is 0 Å². The van der Waals surface area contributed by atoms with Crippen LogP contribution in [-0.2, 0) is 0 Å². The first-order chi connectivity index (χ1) is 5.91. The Bertz CT molecular complexity index is 97.2. The molecule has 0 amide bonds. The van der Waals surface area contributed by atoms with E-state index in [0.717, 1.165) is 6.54 Å². The Morgan fingerprint density at radius 2 is 1.50 bits per heavy atom. The first kappa shape index (κ1) is 11.7. The van der Waals surface area contributed by atoms with Gasteiger partial charge in [-0.05, 0) is 32.7 Å². The highest BCUT2D eigenvalue weighted by atomic mass is 14.5. The van der Waals surface area contributed by atoms with Crippen LogP contribution in [0.15, 0.2) is 12.2 Å². The number of unbranched alkanes of at least 4 members (excludes halogenated alkanes) is 6. The van der Waals surface area contributed by atoms with Gasteiger partial charge < -0.3 is 5.73 Å². The van der Waals surface area contributed by atoms with E-state index >= 15 is 0 Å². The monoisotopic (exact) mass is 169 g/mol. The summed E-state index contributed by atoms with van der Waals surface area (Å²) in [6, 6.07) is 0. The molecule has 1 heteroatoms. The Hall–Kier alpha value is -0.300. The van der Waals surface area contributed by atoms with Crippen LogP contribution in [0.5, 0.6) is 0 Å². The predicted molar refractivity (Wildman–Crippen MR) is 56.2 cm³/mol. The van der Waals surface area contributed by atoms with Crippen LogP contribution in [0.4, 0.5) is 0 Å². The van der Waals surface area contributed by atoms with Crippen molar-refractivity contribution in [3.8, 4) is 0 Å². The van der Waals surface area contributed by atoms with Crippen molar-refractivity contribution < 1.29 is 0 Å². The standard InChI is InChI=1S/C11H23N/c1-2-3-4-5-6-7-8-9-10-11-12/h2-3H,4-12H2,1H3/b3-2+. The van der Waals surface area contributed by atoms with Crippen molar-refractivity contribution >= 4 is 0 Å². The van der Waals surface area contributed by atoms with Crippen LogP contribution in [0.2, 0.25) is 0 Å². The van der Waals surface area contributed by atoms with Crippen molar-refractivity contribution in [3.05, 3.63) is 12.2 Å². The summed E-state index contributed by atoms with van der Waals surface area (Å²) in [5.74, 6) is 0. The van der Waals surface area contributed by atoms with Gasteiger partial charge in [-0.2, -0.15) is 0 Å². The SMILES string of the molecule is C/C=C/CCCCCCCCN. The van der Waals surface area contributed by atoms with E-state index < -0.39 is 0 Å². The highest BCUT2D eigenvalue weighted by molar-refractivity contribution is 4.76. The smallest absolute Gasteiger partial charge is 0.00773 e. The maximum atomic E-state index is 5.40. The van der Waals surface area contributed by atoms with E-state index in [1.807, 2.05) is 0 Å². The maximum Gasteiger partial charge on any atom is -0.00773 e. The van der Waals surface area contributed by atoms with E-state index in [9.17, 15) is 0 Å². The topological polar surface area (TPSA) is 26.0 Å². The second-order valence-electron chi connectivity index (χ2n) is 3.27. The van der Waals surface area contributed by atoms with E-state index in [2.05, 4.69) is 19.1 Å². The summed E-state index contributed by atoms with van der Waals surface area (Å²) < 4.78 is 0. The predicted octanol–water partition coefficient (Wildman–Crippen LogP) is 3.25. The van der Waals surface area contributed by atoms with Gasteiger partial charge in [0.15, 0.2) is 0 Å². The van der Waals surface area contributed by atoms with Crippen LogP contribution in [0.25, 0.3) is 0 Å². The van der Waals surface area contributed by atoms with Crippen molar-refractivity contribution in [2.45, 2.75) is 51.9 Å². The molecule has 0 spiro atoms. The molecule has 0 saturated heterocycles. The molecule has 0 rings (SSSR count). The molecule has 12 heavy (non-hydrogen) atoms. The minimum absolute atomic E-state index is 0.860. The molecule has 0 unspecified atom stereocenters. The molecule has 0 saturated carbocycles. The van der Waals surface area contributed by atoms with E-state index in [1.54, 1.807) is 0 Å². The van der Waals surface area contributed by atoms with Gasteiger partial charge in [0.1, 0.15) is 0 Å². The van der Waals surface area contributed by atoms with Gasteiger partial charge in [0.05, 0.1) is 0 Å². The fourth-order valence-electron chi connectivity index (χ4n) is 1.28. The van der Waals surface area contributed by atoms with Crippen molar-refractivity contribution in [2.75, 3.05) is 6.54 Å². The molecule has 1 nitrogen and oxygen atoms in total. The van der Waals surface area contributed by atoms with Crippen molar-refractivity contribution in [1.29, 1.82) is 0 Å². The number of hydrogen-bond donors (Lipinski definition) is 1. The Labute approximate surface area is 77.0 Å². The average molecular weight is 169 g/mol. The molecule has 0 fully saturated rings. The number of allylic oxidation sites excluding steroid dienone is 2. The lowest BCUT2D eigenvalue weighted by atomic mass is 10.1. The Morgan fingerprint density at radius 3 is 2.08 bits per heavy atom. The molecule has 0 radical (unpaired) electrons. The number of rotatable bonds is 8. The lowest BCUT2D eigenvalue weighted by molar-refractivity contribution is 0.600. The molecule has 0 aromatic carbocycles. The molecular weight excluding hydrogens is 146 g/mol.